The Labute approximate surface area is 97.5 Å². The Hall–Kier alpha value is -1.17. The van der Waals surface area contributed by atoms with Gasteiger partial charge >= 0.3 is 6.18 Å². The number of rotatable bonds is 1. The Kier molecular flexibility index (Phi) is 3.33. The molecule has 94 valence electrons. The highest BCUT2D eigenvalue weighted by Gasteiger charge is 2.34. The maximum atomic E-state index is 12.6. The average molecular weight is 245 g/mol. The molecule has 1 N–H and O–H groups in total. The van der Waals surface area contributed by atoms with Gasteiger partial charge in [0.2, 0.25) is 0 Å². The highest BCUT2D eigenvalue weighted by molar-refractivity contribution is 5.15. The first-order chi connectivity index (χ1) is 7.97. The van der Waals surface area contributed by atoms with Gasteiger partial charge in [-0.05, 0) is 32.4 Å². The van der Waals surface area contributed by atoms with Gasteiger partial charge in [-0.1, -0.05) is 0 Å². The minimum absolute atomic E-state index is 0.00949. The molecule has 3 nitrogen and oxygen atoms in total. The first-order valence-electron chi connectivity index (χ1n) is 5.60. The number of alkyl halides is 3. The Bertz CT molecular complexity index is 397. The predicted octanol–water partition coefficient (Wildman–Crippen LogP) is 2.27. The third kappa shape index (κ3) is 2.94. The van der Waals surface area contributed by atoms with E-state index in [-0.39, 0.29) is 5.92 Å². The van der Waals surface area contributed by atoms with Crippen LogP contribution in [0.2, 0.25) is 0 Å². The van der Waals surface area contributed by atoms with Gasteiger partial charge in [0.1, 0.15) is 11.5 Å². The van der Waals surface area contributed by atoms with Gasteiger partial charge in [0, 0.05) is 18.2 Å². The summed E-state index contributed by atoms with van der Waals surface area (Å²) >= 11 is 0. The van der Waals surface area contributed by atoms with Crippen LogP contribution < -0.4 is 5.32 Å². The summed E-state index contributed by atoms with van der Waals surface area (Å²) < 4.78 is 37.8. The summed E-state index contributed by atoms with van der Waals surface area (Å²) in [6.45, 7) is 3.13. The normalized spacial score (nSPS) is 21.5. The second-order valence-electron chi connectivity index (χ2n) is 4.29. The molecule has 0 aromatic carbocycles. The molecule has 1 aromatic rings. The summed E-state index contributed by atoms with van der Waals surface area (Å²) in [6, 6.07) is 0.986. The molecule has 1 fully saturated rings. The largest absolute Gasteiger partial charge is 0.433 e. The van der Waals surface area contributed by atoms with Crippen molar-refractivity contribution in [1.29, 1.82) is 0 Å². The third-order valence-electron chi connectivity index (χ3n) is 2.82. The highest BCUT2D eigenvalue weighted by Crippen LogP contribution is 2.29. The summed E-state index contributed by atoms with van der Waals surface area (Å²) in [5, 5.41) is 3.15. The monoisotopic (exact) mass is 245 g/mol. The Morgan fingerprint density at radius 2 is 2.12 bits per heavy atom. The summed E-state index contributed by atoms with van der Waals surface area (Å²) in [5.41, 5.74) is -0.474. The van der Waals surface area contributed by atoms with Crippen molar-refractivity contribution < 1.29 is 13.2 Å². The Morgan fingerprint density at radius 1 is 1.35 bits per heavy atom. The SMILES string of the molecule is Cc1cc(C(F)(F)F)nc(C2CCCNC2)n1. The van der Waals surface area contributed by atoms with E-state index in [0.717, 1.165) is 25.5 Å². The molecule has 1 atom stereocenters. The maximum Gasteiger partial charge on any atom is 0.433 e. The average Bonchev–Trinajstić information content (AvgIpc) is 2.28. The number of halogens is 3. The Morgan fingerprint density at radius 3 is 2.71 bits per heavy atom. The minimum Gasteiger partial charge on any atom is -0.316 e. The number of piperidine rings is 1. The number of aryl methyl sites for hydroxylation is 1. The van der Waals surface area contributed by atoms with Gasteiger partial charge in [0.25, 0.3) is 0 Å². The summed E-state index contributed by atoms with van der Waals surface area (Å²) in [7, 11) is 0. The molecule has 17 heavy (non-hydrogen) atoms. The predicted molar refractivity (Wildman–Crippen MR) is 56.6 cm³/mol. The minimum atomic E-state index is -4.40. The lowest BCUT2D eigenvalue weighted by molar-refractivity contribution is -0.141. The molecule has 1 unspecified atom stereocenters. The molecule has 0 saturated carbocycles. The zero-order valence-electron chi connectivity index (χ0n) is 9.51. The number of aromatic nitrogens is 2. The lowest BCUT2D eigenvalue weighted by Gasteiger charge is -2.22. The van der Waals surface area contributed by atoms with Crippen molar-refractivity contribution in [2.75, 3.05) is 13.1 Å². The van der Waals surface area contributed by atoms with Gasteiger partial charge in [-0.15, -0.1) is 0 Å². The van der Waals surface area contributed by atoms with Gasteiger partial charge in [-0.25, -0.2) is 9.97 Å². The quantitative estimate of drug-likeness (QED) is 0.824. The molecule has 0 spiro atoms. The van der Waals surface area contributed by atoms with Crippen molar-refractivity contribution in [3.8, 4) is 0 Å². The topological polar surface area (TPSA) is 37.8 Å². The second kappa shape index (κ2) is 4.60. The van der Waals surface area contributed by atoms with Crippen LogP contribution in [0.4, 0.5) is 13.2 Å². The van der Waals surface area contributed by atoms with Gasteiger partial charge in [-0.2, -0.15) is 13.2 Å². The van der Waals surface area contributed by atoms with Crippen molar-refractivity contribution >= 4 is 0 Å². The fourth-order valence-electron chi connectivity index (χ4n) is 1.99. The molecule has 0 radical (unpaired) electrons. The fourth-order valence-corrected chi connectivity index (χ4v) is 1.99. The van der Waals surface area contributed by atoms with Gasteiger partial charge in [0.05, 0.1) is 0 Å². The Balaban J connectivity index is 2.31. The molecule has 0 amide bonds. The number of nitrogens with zero attached hydrogens (tertiary/aromatic N) is 2. The first kappa shape index (κ1) is 12.3. The zero-order valence-corrected chi connectivity index (χ0v) is 9.51. The van der Waals surface area contributed by atoms with Crippen molar-refractivity contribution in [3.63, 3.8) is 0 Å². The van der Waals surface area contributed by atoms with Crippen LogP contribution in [0.1, 0.15) is 36.0 Å². The van der Waals surface area contributed by atoms with Crippen molar-refractivity contribution in [1.82, 2.24) is 15.3 Å². The standard InChI is InChI=1S/C11H14F3N3/c1-7-5-9(11(12,13)14)17-10(16-7)8-3-2-4-15-6-8/h5,8,15H,2-4,6H2,1H3. The molecular weight excluding hydrogens is 231 g/mol. The summed E-state index contributed by atoms with van der Waals surface area (Å²) in [5.74, 6) is 0.300. The third-order valence-corrected chi connectivity index (χ3v) is 2.82. The van der Waals surface area contributed by atoms with Crippen LogP contribution in [0.3, 0.4) is 0 Å². The van der Waals surface area contributed by atoms with E-state index in [1.807, 2.05) is 0 Å². The van der Waals surface area contributed by atoms with Crippen LogP contribution in [-0.4, -0.2) is 23.1 Å². The van der Waals surface area contributed by atoms with Crippen LogP contribution >= 0.6 is 0 Å². The lowest BCUT2D eigenvalue weighted by Crippen LogP contribution is -2.30. The summed E-state index contributed by atoms with van der Waals surface area (Å²) in [4.78, 5) is 7.77. The van der Waals surface area contributed by atoms with E-state index in [1.54, 1.807) is 6.92 Å². The number of nitrogens with one attached hydrogen (secondary N) is 1. The molecule has 1 aliphatic rings. The lowest BCUT2D eigenvalue weighted by atomic mass is 9.98. The second-order valence-corrected chi connectivity index (χ2v) is 4.29. The van der Waals surface area contributed by atoms with Gasteiger partial charge in [-0.3, -0.25) is 0 Å². The molecule has 2 rings (SSSR count). The van der Waals surface area contributed by atoms with Crippen molar-refractivity contribution in [3.05, 3.63) is 23.3 Å². The van der Waals surface area contributed by atoms with E-state index in [9.17, 15) is 13.2 Å². The summed E-state index contributed by atoms with van der Waals surface area (Å²) in [6.07, 6.45) is -2.61. The molecule has 1 aliphatic heterocycles. The van der Waals surface area contributed by atoms with Crippen LogP contribution in [0.15, 0.2) is 6.07 Å². The zero-order chi connectivity index (χ0) is 12.5. The smallest absolute Gasteiger partial charge is 0.316 e. The van der Waals surface area contributed by atoms with Gasteiger partial charge < -0.3 is 5.32 Å². The molecule has 1 aromatic heterocycles. The van der Waals surface area contributed by atoms with Crippen molar-refractivity contribution in [2.24, 2.45) is 0 Å². The molecule has 6 heteroatoms. The maximum absolute atomic E-state index is 12.6. The molecule has 2 heterocycles. The van der Waals surface area contributed by atoms with E-state index in [4.69, 9.17) is 0 Å². The highest BCUT2D eigenvalue weighted by atomic mass is 19.4. The van der Waals surface area contributed by atoms with Crippen molar-refractivity contribution in [2.45, 2.75) is 31.9 Å². The number of hydrogen-bond acceptors (Lipinski definition) is 3. The van der Waals surface area contributed by atoms with Crippen LogP contribution in [0, 0.1) is 6.92 Å². The van der Waals surface area contributed by atoms with E-state index in [1.165, 1.54) is 0 Å². The molecule has 1 saturated heterocycles. The van der Waals surface area contributed by atoms with E-state index in [0.29, 0.717) is 18.1 Å². The molecular formula is C11H14F3N3. The van der Waals surface area contributed by atoms with E-state index >= 15 is 0 Å². The molecule has 0 aliphatic carbocycles. The fraction of sp³-hybridized carbons (Fsp3) is 0.636. The van der Waals surface area contributed by atoms with Gasteiger partial charge in [0.15, 0.2) is 0 Å². The van der Waals surface area contributed by atoms with Crippen LogP contribution in [0.25, 0.3) is 0 Å². The van der Waals surface area contributed by atoms with E-state index in [2.05, 4.69) is 15.3 Å². The number of hydrogen-bond donors (Lipinski definition) is 1. The molecule has 0 bridgehead atoms. The van der Waals surface area contributed by atoms with Crippen LogP contribution in [0.5, 0.6) is 0 Å². The van der Waals surface area contributed by atoms with Crippen LogP contribution in [-0.2, 0) is 6.18 Å². The van der Waals surface area contributed by atoms with E-state index < -0.39 is 11.9 Å². The first-order valence-corrected chi connectivity index (χ1v) is 5.60.